The van der Waals surface area contributed by atoms with Crippen molar-refractivity contribution in [2.45, 2.75) is 5.41 Å². The Morgan fingerprint density at radius 1 is 0.316 bits per heavy atom. The molecular weight excluding hydrogens is 927 g/mol. The van der Waals surface area contributed by atoms with Gasteiger partial charge in [0.15, 0.2) is 17.5 Å². The smallest absolute Gasteiger partial charge is 0.164 e. The van der Waals surface area contributed by atoms with E-state index in [0.29, 0.717) is 17.5 Å². The summed E-state index contributed by atoms with van der Waals surface area (Å²) in [6.45, 7) is 0. The zero-order valence-electron chi connectivity index (χ0n) is 41.0. The van der Waals surface area contributed by atoms with Crippen molar-refractivity contribution in [3.05, 3.63) is 283 Å². The number of hydrogen-bond acceptors (Lipinski definition) is 4. The molecule has 0 spiro atoms. The van der Waals surface area contributed by atoms with Crippen LogP contribution in [0.4, 0.5) is 0 Å². The largest absolute Gasteiger partial charge is 0.456 e. The third-order valence-electron chi connectivity index (χ3n) is 15.8. The van der Waals surface area contributed by atoms with Gasteiger partial charge in [-0.3, -0.25) is 0 Å². The van der Waals surface area contributed by atoms with Gasteiger partial charge >= 0.3 is 0 Å². The summed E-state index contributed by atoms with van der Waals surface area (Å²) in [6, 6.07) is 93.3. The Kier molecular flexibility index (Phi) is 9.15. The number of aromatic nitrogens is 5. The third kappa shape index (κ3) is 6.12. The molecule has 1 aliphatic rings. The average molecular weight is 970 g/mol. The van der Waals surface area contributed by atoms with Crippen LogP contribution in [0, 0.1) is 0 Å². The van der Waals surface area contributed by atoms with Crippen LogP contribution in [0.25, 0.3) is 122 Å². The van der Waals surface area contributed by atoms with Gasteiger partial charge in [0.25, 0.3) is 0 Å². The zero-order chi connectivity index (χ0) is 49.9. The Labute approximate surface area is 437 Å². The molecule has 0 aliphatic heterocycles. The molecule has 0 bridgehead atoms. The van der Waals surface area contributed by atoms with E-state index in [0.717, 1.165) is 77.5 Å². The van der Waals surface area contributed by atoms with E-state index in [1.54, 1.807) is 0 Å². The maximum absolute atomic E-state index is 6.89. The summed E-state index contributed by atoms with van der Waals surface area (Å²) in [5, 5.41) is 6.79. The molecule has 0 N–H and O–H groups in total. The molecule has 0 atom stereocenters. The van der Waals surface area contributed by atoms with E-state index in [2.05, 4.69) is 246 Å². The molecule has 4 heterocycles. The van der Waals surface area contributed by atoms with Crippen molar-refractivity contribution in [1.82, 2.24) is 24.1 Å². The lowest BCUT2D eigenvalue weighted by atomic mass is 9.67. The summed E-state index contributed by atoms with van der Waals surface area (Å²) in [4.78, 5) is 16.2. The summed E-state index contributed by atoms with van der Waals surface area (Å²) in [5.74, 6) is 1.71. The van der Waals surface area contributed by atoms with Gasteiger partial charge < -0.3 is 13.6 Å². The van der Waals surface area contributed by atoms with E-state index in [-0.39, 0.29) is 0 Å². The number of hydrogen-bond donors (Lipinski definition) is 0. The molecule has 0 unspecified atom stereocenters. The van der Waals surface area contributed by atoms with Gasteiger partial charge in [-0.1, -0.05) is 200 Å². The van der Waals surface area contributed by atoms with Crippen LogP contribution in [0.5, 0.6) is 0 Å². The van der Waals surface area contributed by atoms with Gasteiger partial charge in [-0.2, -0.15) is 0 Å². The van der Waals surface area contributed by atoms with Gasteiger partial charge in [0, 0.05) is 49.3 Å². The molecule has 1 aliphatic carbocycles. The van der Waals surface area contributed by atoms with Crippen LogP contribution >= 0.6 is 0 Å². The van der Waals surface area contributed by atoms with Crippen molar-refractivity contribution in [3.8, 4) is 56.7 Å². The Morgan fingerprint density at radius 3 is 1.54 bits per heavy atom. The molecule has 0 radical (unpaired) electrons. The van der Waals surface area contributed by atoms with Crippen molar-refractivity contribution in [2.75, 3.05) is 0 Å². The van der Waals surface area contributed by atoms with Crippen molar-refractivity contribution >= 4 is 65.6 Å². The number of furan rings is 1. The van der Waals surface area contributed by atoms with Crippen LogP contribution in [0.15, 0.2) is 265 Å². The van der Waals surface area contributed by atoms with E-state index >= 15 is 0 Å². The monoisotopic (exact) mass is 969 g/mol. The fourth-order valence-electron chi connectivity index (χ4n) is 12.6. The Balaban J connectivity index is 0.967. The molecular formula is C70H43N5O. The summed E-state index contributed by atoms with van der Waals surface area (Å²) >= 11 is 0. The van der Waals surface area contributed by atoms with Crippen LogP contribution in [0.3, 0.4) is 0 Å². The predicted octanol–water partition coefficient (Wildman–Crippen LogP) is 17.3. The molecule has 354 valence electrons. The van der Waals surface area contributed by atoms with Crippen LogP contribution in [0.1, 0.15) is 22.3 Å². The van der Waals surface area contributed by atoms with Crippen molar-refractivity contribution in [2.24, 2.45) is 0 Å². The molecule has 0 saturated carbocycles. The maximum Gasteiger partial charge on any atom is 0.164 e. The molecule has 0 saturated heterocycles. The quantitative estimate of drug-likeness (QED) is 0.160. The fraction of sp³-hybridized carbons (Fsp3) is 0.0143. The minimum absolute atomic E-state index is 0.543. The van der Waals surface area contributed by atoms with Gasteiger partial charge in [-0.15, -0.1) is 0 Å². The summed E-state index contributed by atoms with van der Waals surface area (Å²) in [5.41, 5.74) is 17.4. The lowest BCUT2D eigenvalue weighted by Crippen LogP contribution is -2.28. The maximum atomic E-state index is 6.89. The lowest BCUT2D eigenvalue weighted by molar-refractivity contribution is 0.669. The van der Waals surface area contributed by atoms with E-state index in [1.807, 2.05) is 24.3 Å². The Hall–Kier alpha value is -10.2. The highest BCUT2D eigenvalue weighted by molar-refractivity contribution is 6.20. The third-order valence-corrected chi connectivity index (χ3v) is 15.8. The molecule has 76 heavy (non-hydrogen) atoms. The van der Waals surface area contributed by atoms with Crippen molar-refractivity contribution in [3.63, 3.8) is 0 Å². The SMILES string of the molecule is c1ccc(-c2nc(-c3ccc4c(c3)C(c3ccccc3)(c3ccccc3)c3ccccc3-4)nc(-c3cc(-n4c5ccccc5c5cc6c7ccccc7n(-c7ccccc7)c6cc54)c4c(c3)oc3ccccc34)n2)cc1. The fourth-order valence-corrected chi connectivity index (χ4v) is 12.6. The van der Waals surface area contributed by atoms with Crippen LogP contribution < -0.4 is 0 Å². The van der Waals surface area contributed by atoms with Gasteiger partial charge in [-0.25, -0.2) is 15.0 Å². The first kappa shape index (κ1) is 42.3. The van der Waals surface area contributed by atoms with Gasteiger partial charge in [0.1, 0.15) is 11.2 Å². The Morgan fingerprint density at radius 2 is 0.842 bits per heavy atom. The number of nitrogens with zero attached hydrogens (tertiary/aromatic N) is 5. The molecule has 15 aromatic rings. The lowest BCUT2D eigenvalue weighted by Gasteiger charge is -2.34. The standard InChI is InChI=1S/C70H43N5O/c1-5-21-44(22-6-1)67-71-68(45-37-38-51-50-29-13-17-33-57(50)70(58(51)39-45,47-23-7-2-8-24-47)48-25-9-3-10-26-48)73-69(72-67)46-40-63(66-54-32-16-20-36-64(54)76-65(66)41-46)75-60-35-19-15-31-53(60)56-42-55-52-30-14-18-34-59(52)74(61(55)43-62(56)75)49-27-11-4-12-28-49/h1-43H. The highest BCUT2D eigenvalue weighted by Gasteiger charge is 2.46. The number of benzene rings is 11. The summed E-state index contributed by atoms with van der Waals surface area (Å²) < 4.78 is 11.7. The normalized spacial score (nSPS) is 12.8. The number of rotatable bonds is 7. The van der Waals surface area contributed by atoms with Gasteiger partial charge in [0.2, 0.25) is 0 Å². The van der Waals surface area contributed by atoms with Gasteiger partial charge in [0.05, 0.1) is 38.6 Å². The first-order valence-corrected chi connectivity index (χ1v) is 25.8. The molecule has 0 amide bonds. The van der Waals surface area contributed by atoms with Crippen LogP contribution in [0.2, 0.25) is 0 Å². The first-order chi connectivity index (χ1) is 37.7. The highest BCUT2D eigenvalue weighted by atomic mass is 16.3. The molecule has 6 nitrogen and oxygen atoms in total. The van der Waals surface area contributed by atoms with Crippen LogP contribution in [-0.2, 0) is 5.41 Å². The average Bonchev–Trinajstić information content (AvgIpc) is 4.35. The van der Waals surface area contributed by atoms with Crippen molar-refractivity contribution in [1.29, 1.82) is 0 Å². The van der Waals surface area contributed by atoms with Crippen LogP contribution in [-0.4, -0.2) is 24.1 Å². The summed E-state index contributed by atoms with van der Waals surface area (Å²) in [7, 11) is 0. The van der Waals surface area contributed by atoms with E-state index in [4.69, 9.17) is 19.4 Å². The van der Waals surface area contributed by atoms with Crippen molar-refractivity contribution < 1.29 is 4.42 Å². The minimum Gasteiger partial charge on any atom is -0.456 e. The Bertz CT molecular complexity index is 4770. The molecule has 6 heteroatoms. The van der Waals surface area contributed by atoms with Gasteiger partial charge in [-0.05, 0) is 94.0 Å². The second-order valence-electron chi connectivity index (χ2n) is 19.9. The molecule has 4 aromatic heterocycles. The predicted molar refractivity (Wildman–Crippen MR) is 309 cm³/mol. The summed E-state index contributed by atoms with van der Waals surface area (Å²) in [6.07, 6.45) is 0. The molecule has 0 fully saturated rings. The molecule has 16 rings (SSSR count). The zero-order valence-corrected chi connectivity index (χ0v) is 41.0. The van der Waals surface area contributed by atoms with E-state index < -0.39 is 5.41 Å². The first-order valence-electron chi connectivity index (χ1n) is 25.8. The number of fused-ring (bicyclic) bond motifs is 12. The van der Waals surface area contributed by atoms with E-state index in [1.165, 1.54) is 49.5 Å². The second-order valence-corrected chi connectivity index (χ2v) is 19.9. The van der Waals surface area contributed by atoms with E-state index in [9.17, 15) is 0 Å². The minimum atomic E-state index is -0.590. The highest BCUT2D eigenvalue weighted by Crippen LogP contribution is 2.57. The second kappa shape index (κ2) is 16.4. The number of para-hydroxylation sites is 4. The topological polar surface area (TPSA) is 61.7 Å². The molecule has 11 aromatic carbocycles.